The van der Waals surface area contributed by atoms with Crippen molar-refractivity contribution in [1.82, 2.24) is 0 Å². The van der Waals surface area contributed by atoms with E-state index in [0.29, 0.717) is 0 Å². The lowest BCUT2D eigenvalue weighted by atomic mass is 9.99. The molecule has 0 atom stereocenters. The SMILES string of the molecule is Cc1cc(C)c2c(N)cccc2c1N. The topological polar surface area (TPSA) is 52.0 Å². The summed E-state index contributed by atoms with van der Waals surface area (Å²) in [6.45, 7) is 4.08. The van der Waals surface area contributed by atoms with Crippen LogP contribution in [0, 0.1) is 13.8 Å². The number of fused-ring (bicyclic) bond motifs is 1. The second-order valence-corrected chi connectivity index (χ2v) is 3.69. The van der Waals surface area contributed by atoms with Crippen LogP contribution in [0.1, 0.15) is 11.1 Å². The molecule has 0 amide bonds. The second kappa shape index (κ2) is 2.91. The maximum atomic E-state index is 6.00. The largest absolute Gasteiger partial charge is 0.398 e. The predicted octanol–water partition coefficient (Wildman–Crippen LogP) is 2.62. The Hall–Kier alpha value is -1.70. The van der Waals surface area contributed by atoms with Gasteiger partial charge in [0.05, 0.1) is 0 Å². The molecule has 0 aliphatic rings. The fraction of sp³-hybridized carbons (Fsp3) is 0.167. The van der Waals surface area contributed by atoms with Crippen LogP contribution < -0.4 is 11.5 Å². The number of hydrogen-bond acceptors (Lipinski definition) is 2. The minimum atomic E-state index is 0.798. The van der Waals surface area contributed by atoms with Crippen LogP contribution in [0.3, 0.4) is 0 Å². The van der Waals surface area contributed by atoms with Crippen LogP contribution in [0.25, 0.3) is 10.8 Å². The number of nitrogens with two attached hydrogens (primary N) is 2. The molecule has 2 rings (SSSR count). The molecular weight excluding hydrogens is 172 g/mol. The molecule has 14 heavy (non-hydrogen) atoms. The molecule has 0 radical (unpaired) electrons. The smallest absolute Gasteiger partial charge is 0.0424 e. The summed E-state index contributed by atoms with van der Waals surface area (Å²) < 4.78 is 0. The van der Waals surface area contributed by atoms with Crippen LogP contribution in [-0.4, -0.2) is 0 Å². The lowest BCUT2D eigenvalue weighted by molar-refractivity contribution is 1.43. The van der Waals surface area contributed by atoms with Gasteiger partial charge in [0.1, 0.15) is 0 Å². The van der Waals surface area contributed by atoms with E-state index in [1.807, 2.05) is 25.1 Å². The summed E-state index contributed by atoms with van der Waals surface area (Å²) in [4.78, 5) is 0. The van der Waals surface area contributed by atoms with Gasteiger partial charge in [-0.3, -0.25) is 0 Å². The van der Waals surface area contributed by atoms with E-state index in [-0.39, 0.29) is 0 Å². The number of hydrogen-bond donors (Lipinski definition) is 2. The van der Waals surface area contributed by atoms with Gasteiger partial charge >= 0.3 is 0 Å². The van der Waals surface area contributed by atoms with Crippen molar-refractivity contribution in [2.75, 3.05) is 11.5 Å². The number of aryl methyl sites for hydroxylation is 2. The molecule has 72 valence electrons. The fourth-order valence-corrected chi connectivity index (χ4v) is 1.92. The van der Waals surface area contributed by atoms with Gasteiger partial charge in [0.15, 0.2) is 0 Å². The summed E-state index contributed by atoms with van der Waals surface area (Å²) in [6.07, 6.45) is 0. The highest BCUT2D eigenvalue weighted by molar-refractivity contribution is 6.03. The molecule has 0 aliphatic heterocycles. The zero-order valence-corrected chi connectivity index (χ0v) is 8.46. The third-order valence-electron chi connectivity index (χ3n) is 2.64. The maximum absolute atomic E-state index is 6.00. The van der Waals surface area contributed by atoms with E-state index in [1.165, 1.54) is 5.56 Å². The summed E-state index contributed by atoms with van der Waals surface area (Å²) in [7, 11) is 0. The van der Waals surface area contributed by atoms with Crippen molar-refractivity contribution < 1.29 is 0 Å². The molecular formula is C12H14N2. The van der Waals surface area contributed by atoms with E-state index in [9.17, 15) is 0 Å². The lowest BCUT2D eigenvalue weighted by Gasteiger charge is -2.10. The molecule has 0 saturated carbocycles. The Labute approximate surface area is 83.5 Å². The first-order chi connectivity index (χ1) is 6.61. The summed E-state index contributed by atoms with van der Waals surface area (Å²) in [5.74, 6) is 0. The van der Waals surface area contributed by atoms with Crippen molar-refractivity contribution in [3.63, 3.8) is 0 Å². The summed E-state index contributed by atoms with van der Waals surface area (Å²) in [5.41, 5.74) is 15.8. The first-order valence-electron chi connectivity index (χ1n) is 4.65. The maximum Gasteiger partial charge on any atom is 0.0424 e. The minimum Gasteiger partial charge on any atom is -0.398 e. The highest BCUT2D eigenvalue weighted by Gasteiger charge is 2.06. The van der Waals surface area contributed by atoms with E-state index in [0.717, 1.165) is 27.7 Å². The molecule has 4 N–H and O–H groups in total. The van der Waals surface area contributed by atoms with E-state index < -0.39 is 0 Å². The van der Waals surface area contributed by atoms with Crippen molar-refractivity contribution in [1.29, 1.82) is 0 Å². The van der Waals surface area contributed by atoms with Crippen LogP contribution in [0.5, 0.6) is 0 Å². The molecule has 2 nitrogen and oxygen atoms in total. The Morgan fingerprint density at radius 1 is 1.00 bits per heavy atom. The number of benzene rings is 2. The molecule has 0 aliphatic carbocycles. The summed E-state index contributed by atoms with van der Waals surface area (Å²) in [6, 6.07) is 7.94. The predicted molar refractivity (Wildman–Crippen MR) is 62.2 cm³/mol. The fourth-order valence-electron chi connectivity index (χ4n) is 1.92. The van der Waals surface area contributed by atoms with Gasteiger partial charge in [0, 0.05) is 22.1 Å². The van der Waals surface area contributed by atoms with Gasteiger partial charge in [-0.25, -0.2) is 0 Å². The number of anilines is 2. The van der Waals surface area contributed by atoms with Crippen LogP contribution in [0.2, 0.25) is 0 Å². The van der Waals surface area contributed by atoms with Crippen molar-refractivity contribution >= 4 is 22.1 Å². The van der Waals surface area contributed by atoms with Crippen LogP contribution in [0.15, 0.2) is 24.3 Å². The van der Waals surface area contributed by atoms with Crippen molar-refractivity contribution in [2.24, 2.45) is 0 Å². The molecule has 2 aromatic carbocycles. The Bertz CT molecular complexity index is 501. The monoisotopic (exact) mass is 186 g/mol. The lowest BCUT2D eigenvalue weighted by Crippen LogP contribution is -1.96. The molecule has 0 spiro atoms. The van der Waals surface area contributed by atoms with Gasteiger partial charge in [0.25, 0.3) is 0 Å². The average Bonchev–Trinajstić information content (AvgIpc) is 2.14. The minimum absolute atomic E-state index is 0.798. The van der Waals surface area contributed by atoms with Crippen molar-refractivity contribution in [3.05, 3.63) is 35.4 Å². The third kappa shape index (κ3) is 1.11. The molecule has 2 heteroatoms. The Morgan fingerprint density at radius 2 is 1.71 bits per heavy atom. The van der Waals surface area contributed by atoms with Gasteiger partial charge in [-0.1, -0.05) is 18.2 Å². The number of nitrogen functional groups attached to an aromatic ring is 2. The Morgan fingerprint density at radius 3 is 2.43 bits per heavy atom. The van der Waals surface area contributed by atoms with E-state index in [4.69, 9.17) is 11.5 Å². The summed E-state index contributed by atoms with van der Waals surface area (Å²) in [5, 5.41) is 2.14. The zero-order valence-electron chi connectivity index (χ0n) is 8.46. The number of rotatable bonds is 0. The Balaban J connectivity index is 3.02. The zero-order chi connectivity index (χ0) is 10.3. The first kappa shape index (κ1) is 8.88. The van der Waals surface area contributed by atoms with Gasteiger partial charge in [-0.05, 0) is 31.0 Å². The van der Waals surface area contributed by atoms with Crippen LogP contribution >= 0.6 is 0 Å². The molecule has 2 aromatic rings. The van der Waals surface area contributed by atoms with E-state index >= 15 is 0 Å². The normalized spacial score (nSPS) is 10.7. The second-order valence-electron chi connectivity index (χ2n) is 3.69. The van der Waals surface area contributed by atoms with E-state index in [2.05, 4.69) is 13.0 Å². The van der Waals surface area contributed by atoms with E-state index in [1.54, 1.807) is 0 Å². The van der Waals surface area contributed by atoms with Crippen molar-refractivity contribution in [3.8, 4) is 0 Å². The van der Waals surface area contributed by atoms with Crippen LogP contribution in [-0.2, 0) is 0 Å². The average molecular weight is 186 g/mol. The molecule has 0 heterocycles. The molecule has 0 fully saturated rings. The first-order valence-corrected chi connectivity index (χ1v) is 4.65. The molecule has 0 aromatic heterocycles. The van der Waals surface area contributed by atoms with Gasteiger partial charge in [-0.15, -0.1) is 0 Å². The quantitative estimate of drug-likeness (QED) is 0.621. The molecule has 0 bridgehead atoms. The highest BCUT2D eigenvalue weighted by atomic mass is 14.6. The van der Waals surface area contributed by atoms with Gasteiger partial charge in [0.2, 0.25) is 0 Å². The standard InChI is InChI=1S/C12H14N2/c1-7-6-8(2)12(14)9-4-3-5-10(13)11(7)9/h3-6H,13-14H2,1-2H3. The van der Waals surface area contributed by atoms with Gasteiger partial charge < -0.3 is 11.5 Å². The molecule has 0 saturated heterocycles. The Kier molecular flexibility index (Phi) is 1.84. The van der Waals surface area contributed by atoms with Gasteiger partial charge in [-0.2, -0.15) is 0 Å². The summed E-state index contributed by atoms with van der Waals surface area (Å²) >= 11 is 0. The highest BCUT2D eigenvalue weighted by Crippen LogP contribution is 2.31. The third-order valence-corrected chi connectivity index (χ3v) is 2.64. The van der Waals surface area contributed by atoms with Crippen LogP contribution in [0.4, 0.5) is 11.4 Å². The van der Waals surface area contributed by atoms with Crippen molar-refractivity contribution in [2.45, 2.75) is 13.8 Å². The molecule has 0 unspecified atom stereocenters.